The summed E-state index contributed by atoms with van der Waals surface area (Å²) in [5.41, 5.74) is 0.837. The van der Waals surface area contributed by atoms with Gasteiger partial charge in [0.1, 0.15) is 0 Å². The highest BCUT2D eigenvalue weighted by Crippen LogP contribution is 2.53. The molecule has 0 fully saturated rings. The van der Waals surface area contributed by atoms with Crippen molar-refractivity contribution in [2.24, 2.45) is 0 Å². The summed E-state index contributed by atoms with van der Waals surface area (Å²) in [6.45, 7) is 11.5. The molecule has 10 heteroatoms. The maximum atomic E-state index is 11.5. The molecule has 0 aromatic heterocycles. The van der Waals surface area contributed by atoms with Gasteiger partial charge in [-0.25, -0.2) is 4.67 Å². The van der Waals surface area contributed by atoms with Crippen molar-refractivity contribution in [2.45, 2.75) is 65.8 Å². The van der Waals surface area contributed by atoms with Gasteiger partial charge >= 0.3 is 0 Å². The molecule has 2 atom stereocenters. The van der Waals surface area contributed by atoms with E-state index in [2.05, 4.69) is 0 Å². The van der Waals surface area contributed by atoms with E-state index >= 15 is 0 Å². The summed E-state index contributed by atoms with van der Waals surface area (Å²) < 4.78 is 14.6. The molecule has 174 valence electrons. The number of para-hydroxylation sites is 2. The fraction of sp³-hybridized carbons (Fsp3) is 0.455. The molecule has 0 bridgehead atoms. The maximum absolute atomic E-state index is 11.5. The van der Waals surface area contributed by atoms with Crippen molar-refractivity contribution < 1.29 is 18.9 Å². The highest BCUT2D eigenvalue weighted by Gasteiger charge is 2.33. The van der Waals surface area contributed by atoms with Crippen molar-refractivity contribution in [1.82, 2.24) is 4.67 Å². The first-order valence-corrected chi connectivity index (χ1v) is 11.6. The van der Waals surface area contributed by atoms with Gasteiger partial charge in [0.15, 0.2) is 0 Å². The van der Waals surface area contributed by atoms with Crippen LogP contribution in [-0.4, -0.2) is 26.6 Å². The Labute approximate surface area is 189 Å². The van der Waals surface area contributed by atoms with Crippen LogP contribution in [0.2, 0.25) is 0 Å². The molecule has 0 radical (unpaired) electrons. The van der Waals surface area contributed by atoms with E-state index in [9.17, 15) is 20.2 Å². The lowest BCUT2D eigenvalue weighted by atomic mass is 10.1. The molecule has 0 aliphatic rings. The van der Waals surface area contributed by atoms with Crippen LogP contribution in [-0.2, 0) is 9.05 Å². The molecular weight excluding hydrogens is 433 g/mol. The summed E-state index contributed by atoms with van der Waals surface area (Å²) in [6.07, 6.45) is -1.25. The minimum absolute atomic E-state index is 0.0256. The Hall–Kier alpha value is -2.45. The molecule has 0 amide bonds. The summed E-state index contributed by atoms with van der Waals surface area (Å²) in [7, 11) is -1.70. The van der Waals surface area contributed by atoms with Crippen LogP contribution < -0.4 is 0 Å². The van der Waals surface area contributed by atoms with Gasteiger partial charge in [0.2, 0.25) is 0 Å². The molecule has 2 aromatic carbocycles. The van der Waals surface area contributed by atoms with Gasteiger partial charge in [-0.3, -0.25) is 20.2 Å². The second kappa shape index (κ2) is 11.4. The minimum Gasteiger partial charge on any atom is -0.314 e. The molecule has 2 aromatic rings. The van der Waals surface area contributed by atoms with Crippen molar-refractivity contribution >= 4 is 19.9 Å². The van der Waals surface area contributed by atoms with E-state index in [1.54, 1.807) is 50.2 Å². The molecule has 2 rings (SSSR count). The van der Waals surface area contributed by atoms with Crippen LogP contribution in [0.3, 0.4) is 0 Å². The molecule has 0 aliphatic carbocycles. The van der Waals surface area contributed by atoms with Gasteiger partial charge in [-0.2, -0.15) is 0 Å². The first kappa shape index (κ1) is 25.8. The first-order chi connectivity index (χ1) is 15.0. The van der Waals surface area contributed by atoms with Crippen molar-refractivity contribution in [2.75, 3.05) is 0 Å². The Bertz CT molecular complexity index is 866. The largest absolute Gasteiger partial charge is 0.314 e. The third-order valence-electron chi connectivity index (χ3n) is 4.89. The highest BCUT2D eigenvalue weighted by atomic mass is 31.2. The summed E-state index contributed by atoms with van der Waals surface area (Å²) in [4.78, 5) is 22.1. The Morgan fingerprint density at radius 2 is 1.06 bits per heavy atom. The zero-order valence-electron chi connectivity index (χ0n) is 19.2. The summed E-state index contributed by atoms with van der Waals surface area (Å²) >= 11 is 0. The number of hydrogen-bond donors (Lipinski definition) is 0. The lowest BCUT2D eigenvalue weighted by Crippen LogP contribution is -2.34. The Morgan fingerprint density at radius 3 is 1.38 bits per heavy atom. The lowest BCUT2D eigenvalue weighted by molar-refractivity contribution is -0.386. The van der Waals surface area contributed by atoms with Gasteiger partial charge in [0.25, 0.3) is 19.9 Å². The minimum atomic E-state index is -1.70. The standard InChI is InChI=1S/C22H30N3O6P/c1-15(2)23(16(3)4)32(30-17(5)19-11-7-9-13-21(19)24(26)27)31-18(6)20-12-8-10-14-22(20)25(28)29/h7-18H,1-6H3. The van der Waals surface area contributed by atoms with Crippen LogP contribution in [0.15, 0.2) is 48.5 Å². The van der Waals surface area contributed by atoms with Crippen LogP contribution in [0, 0.1) is 20.2 Å². The van der Waals surface area contributed by atoms with Crippen LogP contribution in [0.4, 0.5) is 11.4 Å². The van der Waals surface area contributed by atoms with Gasteiger partial charge in [-0.05, 0) is 53.7 Å². The Balaban J connectivity index is 2.39. The van der Waals surface area contributed by atoms with Crippen molar-refractivity contribution in [3.63, 3.8) is 0 Å². The third-order valence-corrected chi connectivity index (χ3v) is 7.18. The highest BCUT2D eigenvalue weighted by molar-refractivity contribution is 7.44. The number of benzene rings is 2. The normalized spacial score (nSPS) is 14.5. The van der Waals surface area contributed by atoms with Crippen molar-refractivity contribution in [1.29, 1.82) is 0 Å². The Morgan fingerprint density at radius 1 is 0.719 bits per heavy atom. The molecule has 0 N–H and O–H groups in total. The van der Waals surface area contributed by atoms with E-state index in [1.165, 1.54) is 12.1 Å². The fourth-order valence-corrected chi connectivity index (χ4v) is 5.28. The number of nitro benzene ring substituents is 2. The molecule has 0 spiro atoms. The predicted molar refractivity (Wildman–Crippen MR) is 124 cm³/mol. The van der Waals surface area contributed by atoms with Crippen LogP contribution in [0.1, 0.15) is 64.9 Å². The lowest BCUT2D eigenvalue weighted by Gasteiger charge is -2.38. The van der Waals surface area contributed by atoms with Gasteiger partial charge in [-0.15, -0.1) is 0 Å². The molecule has 32 heavy (non-hydrogen) atoms. The van der Waals surface area contributed by atoms with E-state index in [0.717, 1.165) is 0 Å². The van der Waals surface area contributed by atoms with E-state index in [-0.39, 0.29) is 23.5 Å². The summed E-state index contributed by atoms with van der Waals surface area (Å²) in [6, 6.07) is 13.0. The summed E-state index contributed by atoms with van der Waals surface area (Å²) in [5, 5.41) is 23.0. The average Bonchev–Trinajstić information content (AvgIpc) is 2.72. The van der Waals surface area contributed by atoms with Crippen LogP contribution in [0.25, 0.3) is 0 Å². The third kappa shape index (κ3) is 6.29. The quantitative estimate of drug-likeness (QED) is 0.207. The Kier molecular flexibility index (Phi) is 9.21. The molecule has 0 saturated carbocycles. The molecule has 0 saturated heterocycles. The number of nitro groups is 2. The fourth-order valence-electron chi connectivity index (χ4n) is 3.49. The van der Waals surface area contributed by atoms with Crippen LogP contribution in [0.5, 0.6) is 0 Å². The van der Waals surface area contributed by atoms with Gasteiger partial charge in [0.05, 0.1) is 33.2 Å². The maximum Gasteiger partial charge on any atom is 0.275 e. The average molecular weight is 463 g/mol. The van der Waals surface area contributed by atoms with E-state index in [1.807, 2.05) is 32.4 Å². The number of rotatable bonds is 11. The first-order valence-electron chi connectivity index (χ1n) is 10.4. The molecule has 0 heterocycles. The zero-order valence-corrected chi connectivity index (χ0v) is 20.1. The van der Waals surface area contributed by atoms with E-state index in [0.29, 0.717) is 11.1 Å². The van der Waals surface area contributed by atoms with Gasteiger partial charge < -0.3 is 9.05 Å². The monoisotopic (exact) mass is 463 g/mol. The topological polar surface area (TPSA) is 108 Å². The van der Waals surface area contributed by atoms with Crippen molar-refractivity contribution in [3.05, 3.63) is 79.9 Å². The second-order valence-corrected chi connectivity index (χ2v) is 9.29. The predicted octanol–water partition coefficient (Wildman–Crippen LogP) is 6.70. The SMILES string of the molecule is CC(OP(OC(C)c1ccccc1[N+](=O)[O-])N(C(C)C)C(C)C)c1ccccc1[N+](=O)[O-]. The number of nitrogens with zero attached hydrogens (tertiary/aromatic N) is 3. The summed E-state index contributed by atoms with van der Waals surface area (Å²) in [5.74, 6) is 0. The molecule has 2 unspecified atom stereocenters. The van der Waals surface area contributed by atoms with E-state index in [4.69, 9.17) is 9.05 Å². The second-order valence-electron chi connectivity index (χ2n) is 7.93. The molecular formula is C22H30N3O6P. The molecule has 0 aliphatic heterocycles. The van der Waals surface area contributed by atoms with Gasteiger partial charge in [-0.1, -0.05) is 24.3 Å². The molecule has 9 nitrogen and oxygen atoms in total. The van der Waals surface area contributed by atoms with E-state index < -0.39 is 30.6 Å². The number of hydrogen-bond acceptors (Lipinski definition) is 7. The van der Waals surface area contributed by atoms with Gasteiger partial charge in [0, 0.05) is 24.2 Å². The smallest absolute Gasteiger partial charge is 0.275 e. The zero-order chi connectivity index (χ0) is 24.0. The van der Waals surface area contributed by atoms with Crippen molar-refractivity contribution in [3.8, 4) is 0 Å². The van der Waals surface area contributed by atoms with Crippen LogP contribution >= 0.6 is 8.53 Å².